The van der Waals surface area contributed by atoms with Crippen LogP contribution in [0.3, 0.4) is 0 Å². The second-order valence-electron chi connectivity index (χ2n) is 7.29. The number of rotatable bonds is 5. The molecular weight excluding hydrogens is 462 g/mol. The van der Waals surface area contributed by atoms with Crippen molar-refractivity contribution in [2.24, 2.45) is 10.1 Å². The first kappa shape index (κ1) is 20.9. The molecular formula is C23H24BrN3O2S. The molecule has 30 heavy (non-hydrogen) atoms. The van der Waals surface area contributed by atoms with Crippen LogP contribution < -0.4 is 9.54 Å². The Kier molecular flexibility index (Phi) is 6.69. The maximum Gasteiger partial charge on any atom is 0.206 e. The minimum atomic E-state index is 0.111. The first-order chi connectivity index (χ1) is 14.7. The van der Waals surface area contributed by atoms with Gasteiger partial charge in [-0.2, -0.15) is 5.10 Å². The van der Waals surface area contributed by atoms with E-state index < -0.39 is 0 Å². The predicted molar refractivity (Wildman–Crippen MR) is 126 cm³/mol. The van der Waals surface area contributed by atoms with Crippen molar-refractivity contribution in [1.29, 1.82) is 0 Å². The molecule has 1 aromatic heterocycles. The third kappa shape index (κ3) is 4.68. The number of thiazole rings is 1. The minimum Gasteiger partial charge on any atom is -0.504 e. The number of halogens is 1. The number of phenolic OH excluding ortho intramolecular Hbond substituents is 1. The quantitative estimate of drug-likeness (QED) is 0.463. The van der Waals surface area contributed by atoms with Crippen LogP contribution >= 0.6 is 27.3 Å². The average molecular weight is 486 g/mol. The Bertz CT molecular complexity index is 1110. The van der Waals surface area contributed by atoms with Crippen molar-refractivity contribution in [2.45, 2.75) is 38.1 Å². The summed E-state index contributed by atoms with van der Waals surface area (Å²) >= 11 is 5.28. The summed E-state index contributed by atoms with van der Waals surface area (Å²) in [5.41, 5.74) is 2.90. The molecule has 0 unspecified atom stereocenters. The van der Waals surface area contributed by atoms with Gasteiger partial charge in [0, 0.05) is 15.4 Å². The van der Waals surface area contributed by atoms with Gasteiger partial charge in [-0.1, -0.05) is 53.4 Å². The number of aromatic nitrogens is 1. The van der Waals surface area contributed by atoms with Gasteiger partial charge < -0.3 is 9.84 Å². The molecule has 1 aliphatic carbocycles. The highest BCUT2D eigenvalue weighted by atomic mass is 79.9. The second kappa shape index (κ2) is 9.62. The van der Waals surface area contributed by atoms with Gasteiger partial charge in [0.05, 0.1) is 25.1 Å². The van der Waals surface area contributed by atoms with E-state index in [-0.39, 0.29) is 5.75 Å². The van der Waals surface area contributed by atoms with E-state index >= 15 is 0 Å². The van der Waals surface area contributed by atoms with Gasteiger partial charge in [-0.15, -0.1) is 11.3 Å². The maximum absolute atomic E-state index is 9.84. The van der Waals surface area contributed by atoms with Gasteiger partial charge in [-0.05, 0) is 42.7 Å². The Labute approximate surface area is 188 Å². The summed E-state index contributed by atoms with van der Waals surface area (Å²) < 4.78 is 8.15. The molecule has 4 rings (SSSR count). The maximum atomic E-state index is 9.84. The lowest BCUT2D eigenvalue weighted by Crippen LogP contribution is -2.19. The summed E-state index contributed by atoms with van der Waals surface area (Å²) in [5.74, 6) is 0.534. The summed E-state index contributed by atoms with van der Waals surface area (Å²) in [5, 5.41) is 16.7. The van der Waals surface area contributed by atoms with Crippen molar-refractivity contribution in [3.05, 3.63) is 62.7 Å². The number of aromatic hydroxyl groups is 1. The molecule has 1 saturated carbocycles. The number of nitrogens with zero attached hydrogens (tertiary/aromatic N) is 3. The highest BCUT2D eigenvalue weighted by Gasteiger charge is 2.15. The molecule has 1 N–H and O–H groups in total. The van der Waals surface area contributed by atoms with Crippen LogP contribution in [0.1, 0.15) is 37.7 Å². The lowest BCUT2D eigenvalue weighted by Gasteiger charge is -2.16. The molecule has 2 aromatic carbocycles. The zero-order chi connectivity index (χ0) is 20.9. The smallest absolute Gasteiger partial charge is 0.206 e. The van der Waals surface area contributed by atoms with E-state index in [0.717, 1.165) is 38.9 Å². The molecule has 3 aromatic rings. The molecule has 0 amide bonds. The number of benzene rings is 2. The number of hydrogen-bond acceptors (Lipinski definition) is 5. The van der Waals surface area contributed by atoms with Gasteiger partial charge in [0.15, 0.2) is 11.5 Å². The molecule has 0 bridgehead atoms. The average Bonchev–Trinajstić information content (AvgIpc) is 3.16. The molecule has 0 saturated heterocycles. The summed E-state index contributed by atoms with van der Waals surface area (Å²) in [6.45, 7) is 0. The fourth-order valence-electron chi connectivity index (χ4n) is 3.62. The molecule has 7 heteroatoms. The van der Waals surface area contributed by atoms with E-state index in [1.165, 1.54) is 26.4 Å². The molecule has 0 spiro atoms. The molecule has 1 aliphatic rings. The van der Waals surface area contributed by atoms with Crippen LogP contribution in [0.5, 0.6) is 11.5 Å². The van der Waals surface area contributed by atoms with E-state index in [2.05, 4.69) is 27.4 Å². The lowest BCUT2D eigenvalue weighted by molar-refractivity contribution is 0.373. The third-order valence-electron chi connectivity index (χ3n) is 5.23. The molecule has 156 valence electrons. The van der Waals surface area contributed by atoms with Gasteiger partial charge >= 0.3 is 0 Å². The number of phenols is 1. The first-order valence-electron chi connectivity index (χ1n) is 10.1. The van der Waals surface area contributed by atoms with Gasteiger partial charge in [0.2, 0.25) is 4.80 Å². The number of ether oxygens (including phenoxy) is 1. The highest BCUT2D eigenvalue weighted by Crippen LogP contribution is 2.29. The summed E-state index contributed by atoms with van der Waals surface area (Å²) in [6.07, 6.45) is 7.84. The summed E-state index contributed by atoms with van der Waals surface area (Å²) in [7, 11) is 1.54. The van der Waals surface area contributed by atoms with Crippen molar-refractivity contribution >= 4 is 33.5 Å². The van der Waals surface area contributed by atoms with Crippen molar-refractivity contribution < 1.29 is 9.84 Å². The van der Waals surface area contributed by atoms with Gasteiger partial charge in [-0.25, -0.2) is 4.68 Å². The topological polar surface area (TPSA) is 59.1 Å². The Hall–Kier alpha value is -2.38. The van der Waals surface area contributed by atoms with Crippen LogP contribution in [-0.4, -0.2) is 29.1 Å². The van der Waals surface area contributed by atoms with E-state index in [1.807, 2.05) is 28.9 Å². The van der Waals surface area contributed by atoms with E-state index in [1.54, 1.807) is 29.7 Å². The zero-order valence-electron chi connectivity index (χ0n) is 16.8. The van der Waals surface area contributed by atoms with Crippen LogP contribution in [-0.2, 0) is 0 Å². The van der Waals surface area contributed by atoms with Gasteiger partial charge in [0.25, 0.3) is 0 Å². The van der Waals surface area contributed by atoms with Crippen LogP contribution in [0.4, 0.5) is 0 Å². The third-order valence-corrected chi connectivity index (χ3v) is 6.75. The summed E-state index contributed by atoms with van der Waals surface area (Å²) in [4.78, 5) is 5.94. The van der Waals surface area contributed by atoms with Crippen LogP contribution in [0.15, 0.2) is 62.4 Å². The Morgan fingerprint density at radius 1 is 1.17 bits per heavy atom. The Morgan fingerprint density at radius 3 is 2.73 bits per heavy atom. The monoisotopic (exact) mass is 485 g/mol. The van der Waals surface area contributed by atoms with Crippen LogP contribution in [0.2, 0.25) is 0 Å². The van der Waals surface area contributed by atoms with Gasteiger partial charge in [0.1, 0.15) is 0 Å². The molecule has 0 atom stereocenters. The van der Waals surface area contributed by atoms with Gasteiger partial charge in [-0.3, -0.25) is 4.99 Å². The van der Waals surface area contributed by atoms with E-state index in [9.17, 15) is 5.11 Å². The van der Waals surface area contributed by atoms with Crippen molar-refractivity contribution in [3.8, 4) is 22.8 Å². The SMILES string of the molecule is COc1cc(C=Nn2c(-c3ccccc3Br)csc2=NC2CCCCC2)ccc1O. The highest BCUT2D eigenvalue weighted by molar-refractivity contribution is 9.10. The van der Waals surface area contributed by atoms with Crippen molar-refractivity contribution in [1.82, 2.24) is 4.68 Å². The predicted octanol–water partition coefficient (Wildman–Crippen LogP) is 5.81. The minimum absolute atomic E-state index is 0.111. The number of hydrogen-bond donors (Lipinski definition) is 1. The molecule has 0 radical (unpaired) electrons. The van der Waals surface area contributed by atoms with Crippen molar-refractivity contribution in [2.75, 3.05) is 7.11 Å². The lowest BCUT2D eigenvalue weighted by atomic mass is 9.96. The standard InChI is InChI=1S/C23H24BrN3O2S/c1-29-22-13-16(11-12-21(22)28)14-25-27-20(18-9-5-6-10-19(18)24)15-30-23(27)26-17-7-3-2-4-8-17/h5-6,9-15,17,28H,2-4,7-8H2,1H3. The van der Waals surface area contributed by atoms with E-state index in [4.69, 9.17) is 14.8 Å². The largest absolute Gasteiger partial charge is 0.504 e. The molecule has 0 aliphatic heterocycles. The number of methoxy groups -OCH3 is 1. The van der Waals surface area contributed by atoms with Crippen LogP contribution in [0.25, 0.3) is 11.3 Å². The first-order valence-corrected chi connectivity index (χ1v) is 11.7. The zero-order valence-corrected chi connectivity index (χ0v) is 19.2. The molecule has 5 nitrogen and oxygen atoms in total. The Morgan fingerprint density at radius 2 is 1.97 bits per heavy atom. The van der Waals surface area contributed by atoms with E-state index in [0.29, 0.717) is 11.8 Å². The Balaban J connectivity index is 1.78. The fraction of sp³-hybridized carbons (Fsp3) is 0.304. The fourth-order valence-corrected chi connectivity index (χ4v) is 5.01. The second-order valence-corrected chi connectivity index (χ2v) is 8.98. The summed E-state index contributed by atoms with van der Waals surface area (Å²) in [6, 6.07) is 13.7. The van der Waals surface area contributed by atoms with Crippen molar-refractivity contribution in [3.63, 3.8) is 0 Å². The molecule has 1 heterocycles. The van der Waals surface area contributed by atoms with Crippen LogP contribution in [0, 0.1) is 0 Å². The normalized spacial score (nSPS) is 15.7. The molecule has 1 fully saturated rings.